The molecule has 0 spiro atoms. The minimum absolute atomic E-state index is 0.0377. The Kier molecular flexibility index (Phi) is 2.98. The van der Waals surface area contributed by atoms with E-state index in [4.69, 9.17) is 4.74 Å². The fraction of sp³-hybridized carbons (Fsp3) is 0.583. The number of hydrogen-bond acceptors (Lipinski definition) is 6. The zero-order chi connectivity index (χ0) is 14.3. The Labute approximate surface area is 115 Å². The van der Waals surface area contributed by atoms with Gasteiger partial charge in [-0.15, -0.1) is 0 Å². The maximum absolute atomic E-state index is 11.4. The maximum Gasteiger partial charge on any atom is 0.348 e. The third-order valence-electron chi connectivity index (χ3n) is 3.30. The maximum atomic E-state index is 11.4. The molecule has 0 aliphatic carbocycles. The second-order valence-corrected chi connectivity index (χ2v) is 5.57. The number of H-pyrrole nitrogens is 1. The summed E-state index contributed by atoms with van der Waals surface area (Å²) in [5.74, 6) is 0.714. The molecule has 3 rings (SSSR count). The van der Waals surface area contributed by atoms with E-state index < -0.39 is 0 Å². The Morgan fingerprint density at radius 2 is 2.40 bits per heavy atom. The second kappa shape index (κ2) is 4.57. The molecule has 1 atom stereocenters. The van der Waals surface area contributed by atoms with Gasteiger partial charge in [-0.3, -0.25) is 0 Å². The molecule has 3 heterocycles. The average Bonchev–Trinajstić information content (AvgIpc) is 2.78. The van der Waals surface area contributed by atoms with Crippen molar-refractivity contribution in [3.63, 3.8) is 0 Å². The average molecular weight is 279 g/mol. The van der Waals surface area contributed by atoms with Gasteiger partial charge < -0.3 is 14.7 Å². The number of aromatic amines is 1. The number of ether oxygens (including phenoxy) is 1. The quantitative estimate of drug-likeness (QED) is 0.761. The predicted octanol–water partition coefficient (Wildman–Crippen LogP) is -0.606. The lowest BCUT2D eigenvalue weighted by Gasteiger charge is -2.42. The number of aromatic nitrogens is 4. The van der Waals surface area contributed by atoms with Crippen LogP contribution >= 0.6 is 0 Å². The molecule has 0 aromatic carbocycles. The molecule has 1 aliphatic heterocycles. The molecule has 20 heavy (non-hydrogen) atoms. The Hall–Kier alpha value is -1.93. The fourth-order valence-corrected chi connectivity index (χ4v) is 2.54. The Bertz CT molecular complexity index is 677. The molecule has 8 heteroatoms. The van der Waals surface area contributed by atoms with Crippen LogP contribution in [-0.2, 0) is 4.74 Å². The largest absolute Gasteiger partial charge is 0.394 e. The van der Waals surface area contributed by atoms with Gasteiger partial charge in [0.25, 0.3) is 0 Å². The minimum atomic E-state index is -0.370. The molecule has 1 saturated heterocycles. The van der Waals surface area contributed by atoms with Gasteiger partial charge in [0.15, 0.2) is 5.65 Å². The van der Waals surface area contributed by atoms with Gasteiger partial charge in [0.1, 0.15) is 12.1 Å². The molecule has 2 aromatic heterocycles. The zero-order valence-electron chi connectivity index (χ0n) is 11.4. The number of fused-ring (bicyclic) bond motifs is 1. The van der Waals surface area contributed by atoms with E-state index in [1.807, 2.05) is 18.7 Å². The van der Waals surface area contributed by atoms with E-state index >= 15 is 0 Å². The van der Waals surface area contributed by atoms with Crippen molar-refractivity contribution in [2.75, 3.05) is 24.6 Å². The first kappa shape index (κ1) is 13.1. The molecular weight excluding hydrogens is 262 g/mol. The van der Waals surface area contributed by atoms with Crippen molar-refractivity contribution in [1.82, 2.24) is 19.6 Å². The molecule has 0 bridgehead atoms. The Balaban J connectivity index is 1.95. The minimum Gasteiger partial charge on any atom is -0.394 e. The van der Waals surface area contributed by atoms with Crippen molar-refractivity contribution in [1.29, 1.82) is 0 Å². The third-order valence-corrected chi connectivity index (χ3v) is 3.30. The van der Waals surface area contributed by atoms with Crippen molar-refractivity contribution in [3.8, 4) is 0 Å². The number of nitrogens with one attached hydrogen (secondary N) is 1. The molecule has 2 aromatic rings. The highest BCUT2D eigenvalue weighted by atomic mass is 16.5. The fourth-order valence-electron chi connectivity index (χ4n) is 2.54. The van der Waals surface area contributed by atoms with Crippen molar-refractivity contribution in [2.45, 2.75) is 25.6 Å². The van der Waals surface area contributed by atoms with Gasteiger partial charge in [0, 0.05) is 19.2 Å². The third kappa shape index (κ3) is 2.27. The van der Waals surface area contributed by atoms with E-state index in [1.165, 1.54) is 10.7 Å². The van der Waals surface area contributed by atoms with Gasteiger partial charge in [-0.05, 0) is 13.8 Å². The molecule has 1 unspecified atom stereocenters. The number of morpholine rings is 1. The molecule has 0 saturated carbocycles. The van der Waals surface area contributed by atoms with E-state index in [-0.39, 0.29) is 24.0 Å². The second-order valence-electron chi connectivity index (χ2n) is 5.57. The summed E-state index contributed by atoms with van der Waals surface area (Å²) >= 11 is 0. The summed E-state index contributed by atoms with van der Waals surface area (Å²) < 4.78 is 7.12. The normalized spacial score (nSPS) is 22.4. The van der Waals surface area contributed by atoms with E-state index in [9.17, 15) is 9.90 Å². The summed E-state index contributed by atoms with van der Waals surface area (Å²) in [4.78, 5) is 17.7. The highest BCUT2D eigenvalue weighted by Gasteiger charge is 2.33. The van der Waals surface area contributed by atoms with Crippen LogP contribution in [0.2, 0.25) is 0 Å². The SMILES string of the molecule is CC1(C)CN(c2cc3n[nH]c(=O)n3cn2)CC(CO)O1. The Morgan fingerprint density at radius 1 is 1.60 bits per heavy atom. The monoisotopic (exact) mass is 279 g/mol. The summed E-state index contributed by atoms with van der Waals surface area (Å²) in [7, 11) is 0. The summed E-state index contributed by atoms with van der Waals surface area (Å²) in [6, 6.07) is 1.74. The van der Waals surface area contributed by atoms with E-state index in [2.05, 4.69) is 15.2 Å². The van der Waals surface area contributed by atoms with Crippen LogP contribution < -0.4 is 10.6 Å². The number of nitrogens with zero attached hydrogens (tertiary/aromatic N) is 4. The van der Waals surface area contributed by atoms with Crippen LogP contribution in [0.25, 0.3) is 5.65 Å². The first-order valence-electron chi connectivity index (χ1n) is 6.45. The van der Waals surface area contributed by atoms with Crippen LogP contribution in [0.5, 0.6) is 0 Å². The Morgan fingerprint density at radius 3 is 3.15 bits per heavy atom. The van der Waals surface area contributed by atoms with Gasteiger partial charge >= 0.3 is 5.69 Å². The topological polar surface area (TPSA) is 95.8 Å². The van der Waals surface area contributed by atoms with Crippen molar-refractivity contribution in [2.24, 2.45) is 0 Å². The molecule has 1 aliphatic rings. The predicted molar refractivity (Wildman–Crippen MR) is 71.9 cm³/mol. The van der Waals surface area contributed by atoms with Crippen LogP contribution in [0.4, 0.5) is 5.82 Å². The lowest BCUT2D eigenvalue weighted by molar-refractivity contribution is -0.101. The lowest BCUT2D eigenvalue weighted by atomic mass is 10.1. The first-order valence-corrected chi connectivity index (χ1v) is 6.45. The highest BCUT2D eigenvalue weighted by molar-refractivity contribution is 5.50. The van der Waals surface area contributed by atoms with Crippen molar-refractivity contribution in [3.05, 3.63) is 22.9 Å². The van der Waals surface area contributed by atoms with Gasteiger partial charge in [-0.25, -0.2) is 19.3 Å². The highest BCUT2D eigenvalue weighted by Crippen LogP contribution is 2.24. The van der Waals surface area contributed by atoms with Crippen LogP contribution in [0.3, 0.4) is 0 Å². The molecule has 1 fully saturated rings. The number of rotatable bonds is 2. The van der Waals surface area contributed by atoms with Crippen LogP contribution in [0.1, 0.15) is 13.8 Å². The van der Waals surface area contributed by atoms with Gasteiger partial charge in [0.05, 0.1) is 18.3 Å². The van der Waals surface area contributed by atoms with Gasteiger partial charge in [-0.1, -0.05) is 0 Å². The van der Waals surface area contributed by atoms with Gasteiger partial charge in [-0.2, -0.15) is 5.10 Å². The smallest absolute Gasteiger partial charge is 0.348 e. The molecule has 108 valence electrons. The first-order chi connectivity index (χ1) is 9.48. The molecule has 0 amide bonds. The lowest BCUT2D eigenvalue weighted by Crippen LogP contribution is -2.54. The summed E-state index contributed by atoms with van der Waals surface area (Å²) in [5, 5.41) is 15.6. The number of hydrogen-bond donors (Lipinski definition) is 2. The number of aliphatic hydroxyl groups is 1. The van der Waals surface area contributed by atoms with E-state index in [1.54, 1.807) is 6.07 Å². The van der Waals surface area contributed by atoms with Gasteiger partial charge in [0.2, 0.25) is 0 Å². The van der Waals surface area contributed by atoms with Crippen LogP contribution in [0.15, 0.2) is 17.2 Å². The number of anilines is 1. The molecule has 2 N–H and O–H groups in total. The van der Waals surface area contributed by atoms with E-state index in [0.29, 0.717) is 24.6 Å². The number of aliphatic hydroxyl groups excluding tert-OH is 1. The standard InChI is InChI=1S/C12H17N5O3/c1-12(2)6-16(4-8(5-18)20-12)9-3-10-14-15-11(19)17(10)7-13-9/h3,7-8,18H,4-6H2,1-2H3,(H,15,19). The van der Waals surface area contributed by atoms with Crippen molar-refractivity contribution < 1.29 is 9.84 Å². The summed E-state index contributed by atoms with van der Waals surface area (Å²) in [6.45, 7) is 5.11. The summed E-state index contributed by atoms with van der Waals surface area (Å²) in [6.07, 6.45) is 1.20. The zero-order valence-corrected chi connectivity index (χ0v) is 11.4. The summed E-state index contributed by atoms with van der Waals surface area (Å²) in [5.41, 5.74) is -0.163. The van der Waals surface area contributed by atoms with E-state index in [0.717, 1.165) is 0 Å². The van der Waals surface area contributed by atoms with Crippen molar-refractivity contribution >= 4 is 11.5 Å². The molecule has 0 radical (unpaired) electrons. The molecule has 8 nitrogen and oxygen atoms in total. The van der Waals surface area contributed by atoms with Crippen LogP contribution in [-0.4, -0.2) is 56.1 Å². The van der Waals surface area contributed by atoms with Crippen LogP contribution in [0, 0.1) is 0 Å². The molecular formula is C12H17N5O3.